The van der Waals surface area contributed by atoms with Gasteiger partial charge in [0, 0.05) is 5.92 Å². The van der Waals surface area contributed by atoms with E-state index in [2.05, 4.69) is 5.32 Å². The molecule has 0 saturated heterocycles. The van der Waals surface area contributed by atoms with E-state index < -0.39 is 18.1 Å². The molecule has 0 aliphatic carbocycles. The van der Waals surface area contributed by atoms with E-state index >= 15 is 0 Å². The zero-order chi connectivity index (χ0) is 15.1. The van der Waals surface area contributed by atoms with Crippen molar-refractivity contribution in [2.75, 3.05) is 0 Å². The first-order chi connectivity index (χ1) is 9.41. The number of hydrogen-bond donors (Lipinski definition) is 2. The lowest BCUT2D eigenvalue weighted by Gasteiger charge is -2.22. The Morgan fingerprint density at radius 2 is 1.80 bits per heavy atom. The molecule has 5 heteroatoms. The van der Waals surface area contributed by atoms with Gasteiger partial charge < -0.3 is 15.2 Å². The predicted octanol–water partition coefficient (Wildman–Crippen LogP) is 1.82. The molecule has 1 amide bonds. The van der Waals surface area contributed by atoms with Crippen LogP contribution in [0.4, 0.5) is 0 Å². The fraction of sp³-hybridized carbons (Fsp3) is 0.467. The first-order valence-electron chi connectivity index (χ1n) is 6.60. The smallest absolute Gasteiger partial charge is 0.328 e. The fourth-order valence-electron chi connectivity index (χ4n) is 1.60. The lowest BCUT2D eigenvalue weighted by Crippen LogP contribution is -2.49. The van der Waals surface area contributed by atoms with Gasteiger partial charge in [0.2, 0.25) is 5.91 Å². The van der Waals surface area contributed by atoms with Crippen molar-refractivity contribution in [1.29, 1.82) is 0 Å². The summed E-state index contributed by atoms with van der Waals surface area (Å²) in [5.74, 6) is -1.66. The Hall–Kier alpha value is -1.88. The molecule has 20 heavy (non-hydrogen) atoms. The molecule has 0 aliphatic heterocycles. The third-order valence-corrected chi connectivity index (χ3v) is 2.91. The average Bonchev–Trinajstić information content (AvgIpc) is 2.42. The summed E-state index contributed by atoms with van der Waals surface area (Å²) in [7, 11) is 0. The second kappa shape index (κ2) is 7.65. The third-order valence-electron chi connectivity index (χ3n) is 2.91. The third kappa shape index (κ3) is 5.01. The van der Waals surface area contributed by atoms with E-state index in [1.54, 1.807) is 20.8 Å². The van der Waals surface area contributed by atoms with Gasteiger partial charge in [-0.1, -0.05) is 44.2 Å². The van der Waals surface area contributed by atoms with Crippen LogP contribution in [-0.4, -0.2) is 29.1 Å². The molecule has 2 atom stereocenters. The van der Waals surface area contributed by atoms with Gasteiger partial charge in [0.15, 0.2) is 6.04 Å². The van der Waals surface area contributed by atoms with Crippen molar-refractivity contribution < 1.29 is 19.4 Å². The summed E-state index contributed by atoms with van der Waals surface area (Å²) in [5.41, 5.74) is 0.957. The lowest BCUT2D eigenvalue weighted by atomic mass is 10.1. The zero-order valence-corrected chi connectivity index (χ0v) is 12.0. The fourth-order valence-corrected chi connectivity index (χ4v) is 1.60. The number of carboxylic acid groups (broad SMARTS) is 1. The molecule has 1 aromatic rings. The van der Waals surface area contributed by atoms with Crippen LogP contribution >= 0.6 is 0 Å². The molecule has 1 rings (SSSR count). The van der Waals surface area contributed by atoms with Crippen molar-refractivity contribution in [2.24, 2.45) is 5.92 Å². The van der Waals surface area contributed by atoms with Crippen LogP contribution in [0.25, 0.3) is 0 Å². The van der Waals surface area contributed by atoms with Crippen LogP contribution in [0.1, 0.15) is 26.3 Å². The molecule has 0 radical (unpaired) electrons. The van der Waals surface area contributed by atoms with Gasteiger partial charge in [0.1, 0.15) is 0 Å². The molecule has 0 aromatic heterocycles. The van der Waals surface area contributed by atoms with Crippen molar-refractivity contribution in [2.45, 2.75) is 39.5 Å². The molecule has 5 nitrogen and oxygen atoms in total. The second-order valence-electron chi connectivity index (χ2n) is 4.98. The van der Waals surface area contributed by atoms with Crippen LogP contribution in [0.2, 0.25) is 0 Å². The maximum atomic E-state index is 11.6. The molecule has 0 unspecified atom stereocenters. The van der Waals surface area contributed by atoms with Crippen molar-refractivity contribution in [3.8, 4) is 0 Å². The number of hydrogen-bond acceptors (Lipinski definition) is 3. The summed E-state index contributed by atoms with van der Waals surface area (Å²) in [6.45, 7) is 5.37. The number of amides is 1. The largest absolute Gasteiger partial charge is 0.480 e. The number of carbonyl (C=O) groups excluding carboxylic acids is 1. The predicted molar refractivity (Wildman–Crippen MR) is 75.1 cm³/mol. The van der Waals surface area contributed by atoms with Crippen molar-refractivity contribution in [3.63, 3.8) is 0 Å². The summed E-state index contributed by atoms with van der Waals surface area (Å²) in [6.07, 6.45) is -0.615. The van der Waals surface area contributed by atoms with Crippen LogP contribution in [-0.2, 0) is 20.9 Å². The molecule has 110 valence electrons. The highest BCUT2D eigenvalue weighted by Crippen LogP contribution is 2.07. The highest BCUT2D eigenvalue weighted by atomic mass is 16.5. The van der Waals surface area contributed by atoms with Crippen LogP contribution < -0.4 is 5.32 Å². The van der Waals surface area contributed by atoms with Gasteiger partial charge in [-0.15, -0.1) is 0 Å². The zero-order valence-electron chi connectivity index (χ0n) is 12.0. The summed E-state index contributed by atoms with van der Waals surface area (Å²) in [6, 6.07) is 8.42. The Kier molecular flexibility index (Phi) is 6.18. The van der Waals surface area contributed by atoms with Crippen molar-refractivity contribution in [1.82, 2.24) is 5.32 Å². The van der Waals surface area contributed by atoms with E-state index in [1.165, 1.54) is 0 Å². The highest BCUT2D eigenvalue weighted by Gasteiger charge is 2.27. The molecule has 1 aromatic carbocycles. The first kappa shape index (κ1) is 16.2. The van der Waals surface area contributed by atoms with Gasteiger partial charge in [-0.05, 0) is 12.5 Å². The Labute approximate surface area is 118 Å². The van der Waals surface area contributed by atoms with Crippen LogP contribution in [0.15, 0.2) is 30.3 Å². The minimum absolute atomic E-state index is 0.266. The van der Waals surface area contributed by atoms with Crippen LogP contribution in [0.3, 0.4) is 0 Å². The van der Waals surface area contributed by atoms with E-state index in [4.69, 9.17) is 4.74 Å². The summed E-state index contributed by atoms with van der Waals surface area (Å²) in [5, 5.41) is 11.7. The van der Waals surface area contributed by atoms with E-state index in [0.717, 1.165) is 5.56 Å². The van der Waals surface area contributed by atoms with Gasteiger partial charge in [-0.3, -0.25) is 4.79 Å². The quantitative estimate of drug-likeness (QED) is 0.798. The number of carbonyl (C=O) groups is 2. The highest BCUT2D eigenvalue weighted by molar-refractivity contribution is 5.84. The van der Waals surface area contributed by atoms with Crippen molar-refractivity contribution in [3.05, 3.63) is 35.9 Å². The van der Waals surface area contributed by atoms with Gasteiger partial charge in [0.25, 0.3) is 0 Å². The Bertz CT molecular complexity index is 444. The Balaban J connectivity index is 2.58. The minimum atomic E-state index is -1.10. The van der Waals surface area contributed by atoms with E-state index in [-0.39, 0.29) is 11.8 Å². The number of nitrogens with one attached hydrogen (secondary N) is 1. The molecular weight excluding hydrogens is 258 g/mol. The molecule has 0 bridgehead atoms. The van der Waals surface area contributed by atoms with Gasteiger partial charge in [0.05, 0.1) is 12.7 Å². The molecule has 0 fully saturated rings. The number of benzene rings is 1. The SMILES string of the molecule is CC(C)C(=O)N[C@H](C(=O)O)[C@@H](C)OCc1ccccc1. The Morgan fingerprint density at radius 1 is 1.20 bits per heavy atom. The standard InChI is InChI=1S/C15H21NO4/c1-10(2)14(17)16-13(15(18)19)11(3)20-9-12-7-5-4-6-8-12/h4-8,10-11,13H,9H2,1-3H3,(H,16,17)(H,18,19)/t11-,13+/m1/s1. The molecule has 2 N–H and O–H groups in total. The topological polar surface area (TPSA) is 75.6 Å². The summed E-state index contributed by atoms with van der Waals surface area (Å²) >= 11 is 0. The molecule has 0 aliphatic rings. The molecule has 0 heterocycles. The monoisotopic (exact) mass is 279 g/mol. The van der Waals surface area contributed by atoms with Crippen LogP contribution in [0.5, 0.6) is 0 Å². The van der Waals surface area contributed by atoms with E-state index in [0.29, 0.717) is 6.61 Å². The summed E-state index contributed by atoms with van der Waals surface area (Å²) in [4.78, 5) is 22.8. The van der Waals surface area contributed by atoms with E-state index in [9.17, 15) is 14.7 Å². The average molecular weight is 279 g/mol. The maximum Gasteiger partial charge on any atom is 0.328 e. The molecular formula is C15H21NO4. The number of rotatable bonds is 7. The van der Waals surface area contributed by atoms with Gasteiger partial charge >= 0.3 is 5.97 Å². The normalized spacial score (nSPS) is 13.8. The van der Waals surface area contributed by atoms with Gasteiger partial charge in [-0.25, -0.2) is 4.79 Å². The van der Waals surface area contributed by atoms with Crippen molar-refractivity contribution >= 4 is 11.9 Å². The lowest BCUT2D eigenvalue weighted by molar-refractivity contribution is -0.147. The number of aliphatic carboxylic acids is 1. The van der Waals surface area contributed by atoms with Crippen LogP contribution in [0, 0.1) is 5.92 Å². The van der Waals surface area contributed by atoms with E-state index in [1.807, 2.05) is 30.3 Å². The summed E-state index contributed by atoms with van der Waals surface area (Å²) < 4.78 is 5.54. The molecule has 0 spiro atoms. The minimum Gasteiger partial charge on any atom is -0.480 e. The molecule has 0 saturated carbocycles. The first-order valence-corrected chi connectivity index (χ1v) is 6.60. The number of carboxylic acids is 1. The Morgan fingerprint density at radius 3 is 2.30 bits per heavy atom. The van der Waals surface area contributed by atoms with Gasteiger partial charge in [-0.2, -0.15) is 0 Å². The number of ether oxygens (including phenoxy) is 1. The second-order valence-corrected chi connectivity index (χ2v) is 4.98. The maximum absolute atomic E-state index is 11.6.